The van der Waals surface area contributed by atoms with Crippen LogP contribution in [0.5, 0.6) is 5.75 Å². The van der Waals surface area contributed by atoms with Gasteiger partial charge in [-0.15, -0.1) is 0 Å². The molecule has 1 aliphatic heterocycles. The molecule has 2 heterocycles. The molecule has 1 saturated heterocycles. The van der Waals surface area contributed by atoms with Crippen LogP contribution in [0.1, 0.15) is 44.1 Å². The summed E-state index contributed by atoms with van der Waals surface area (Å²) in [4.78, 5) is 12.4. The Balaban J connectivity index is 1.29. The summed E-state index contributed by atoms with van der Waals surface area (Å²) in [5.74, 6) is 2.17. The van der Waals surface area contributed by atoms with E-state index in [0.29, 0.717) is 49.3 Å². The summed E-state index contributed by atoms with van der Waals surface area (Å²) in [6.07, 6.45) is 2.02. The second-order valence-electron chi connectivity index (χ2n) is 10.2. The molecular formula is C31H37N5O3S. The highest BCUT2D eigenvalue weighted by Crippen LogP contribution is 2.29. The van der Waals surface area contributed by atoms with Gasteiger partial charge in [0.1, 0.15) is 17.4 Å². The fourth-order valence-corrected chi connectivity index (χ4v) is 6.33. The summed E-state index contributed by atoms with van der Waals surface area (Å²) in [5, 5.41) is 4.47. The number of aryl methyl sites for hydroxylation is 1. The highest BCUT2D eigenvalue weighted by Gasteiger charge is 2.31. The van der Waals surface area contributed by atoms with Crippen LogP contribution in [-0.2, 0) is 10.0 Å². The van der Waals surface area contributed by atoms with E-state index >= 15 is 0 Å². The molecule has 1 aliphatic rings. The molecule has 0 unspecified atom stereocenters. The van der Waals surface area contributed by atoms with Crippen molar-refractivity contribution < 1.29 is 13.2 Å². The number of hydrogen-bond donors (Lipinski definition) is 1. The predicted molar refractivity (Wildman–Crippen MR) is 160 cm³/mol. The molecule has 0 amide bonds. The Morgan fingerprint density at radius 3 is 2.35 bits per heavy atom. The van der Waals surface area contributed by atoms with Crippen LogP contribution in [0.25, 0.3) is 10.9 Å². The van der Waals surface area contributed by atoms with Crippen molar-refractivity contribution in [2.75, 3.05) is 38.1 Å². The number of nitrogens with zero attached hydrogens (tertiary/aromatic N) is 4. The van der Waals surface area contributed by atoms with E-state index in [1.807, 2.05) is 42.5 Å². The molecule has 1 aromatic heterocycles. The lowest BCUT2D eigenvalue weighted by molar-refractivity contribution is 0.141. The predicted octanol–water partition coefficient (Wildman–Crippen LogP) is 5.93. The van der Waals surface area contributed by atoms with Crippen molar-refractivity contribution in [2.45, 2.75) is 44.6 Å². The fourth-order valence-electron chi connectivity index (χ4n) is 4.90. The van der Waals surface area contributed by atoms with Gasteiger partial charge in [0, 0.05) is 37.3 Å². The second-order valence-corrected chi connectivity index (χ2v) is 12.1. The van der Waals surface area contributed by atoms with Crippen molar-refractivity contribution in [3.63, 3.8) is 0 Å². The van der Waals surface area contributed by atoms with E-state index in [-0.39, 0.29) is 6.04 Å². The van der Waals surface area contributed by atoms with Gasteiger partial charge in [0.2, 0.25) is 10.0 Å². The number of anilines is 2. The minimum Gasteiger partial charge on any atom is -0.494 e. The number of unbranched alkanes of at least 4 members (excludes halogenated alkanes) is 1. The van der Waals surface area contributed by atoms with Crippen molar-refractivity contribution in [2.24, 2.45) is 0 Å². The van der Waals surface area contributed by atoms with Crippen LogP contribution >= 0.6 is 0 Å². The van der Waals surface area contributed by atoms with Crippen molar-refractivity contribution in [1.82, 2.24) is 19.2 Å². The molecular weight excluding hydrogens is 522 g/mol. The zero-order valence-corrected chi connectivity index (χ0v) is 24.2. The number of nitrogens with one attached hydrogen (secondary N) is 1. The van der Waals surface area contributed by atoms with Crippen molar-refractivity contribution in [3.05, 3.63) is 84.2 Å². The molecule has 0 saturated carbocycles. The fraction of sp³-hybridized carbons (Fsp3) is 0.355. The van der Waals surface area contributed by atoms with Crippen LogP contribution in [0.15, 0.2) is 77.7 Å². The maximum atomic E-state index is 13.3. The lowest BCUT2D eigenvalue weighted by atomic mass is 10.1. The molecule has 4 aromatic rings. The average Bonchev–Trinajstić information content (AvgIpc) is 2.98. The van der Waals surface area contributed by atoms with E-state index in [9.17, 15) is 8.42 Å². The van der Waals surface area contributed by atoms with Crippen molar-refractivity contribution >= 4 is 32.4 Å². The van der Waals surface area contributed by atoms with Gasteiger partial charge in [-0.1, -0.05) is 43.7 Å². The van der Waals surface area contributed by atoms with Crippen LogP contribution in [-0.4, -0.2) is 60.4 Å². The number of sulfonamides is 1. The molecule has 0 bridgehead atoms. The summed E-state index contributed by atoms with van der Waals surface area (Å²) < 4.78 is 33.9. The topological polar surface area (TPSA) is 87.7 Å². The molecule has 1 N–H and O–H groups in total. The number of benzene rings is 3. The standard InChI is InChI=1S/C31H37N5O3S/c1-4-5-22-39-25-14-16-26(17-15-25)40(37,38)36-20-18-35(19-21-36)24(3)30-33-29-13-9-7-11-27(29)31(34-30)32-28-12-8-6-10-23(28)2/h6-17,24H,4-5,18-22H2,1-3H3,(H,32,33,34)/t24-/m1/s1. The molecule has 3 aromatic carbocycles. The van der Waals surface area contributed by atoms with Gasteiger partial charge >= 0.3 is 0 Å². The van der Waals surface area contributed by atoms with Crippen molar-refractivity contribution in [3.8, 4) is 5.75 Å². The van der Waals surface area contributed by atoms with Gasteiger partial charge in [-0.3, -0.25) is 4.90 Å². The average molecular weight is 560 g/mol. The Hall–Kier alpha value is -3.53. The molecule has 1 fully saturated rings. The summed E-state index contributed by atoms with van der Waals surface area (Å²) in [6.45, 7) is 8.89. The monoisotopic (exact) mass is 559 g/mol. The van der Waals surface area contributed by atoms with E-state index in [1.54, 1.807) is 28.6 Å². The van der Waals surface area contributed by atoms with Gasteiger partial charge in [0.15, 0.2) is 0 Å². The maximum Gasteiger partial charge on any atom is 0.243 e. The lowest BCUT2D eigenvalue weighted by Crippen LogP contribution is -2.49. The van der Waals surface area contributed by atoms with Gasteiger partial charge in [0.25, 0.3) is 0 Å². The molecule has 40 heavy (non-hydrogen) atoms. The number of hydrogen-bond acceptors (Lipinski definition) is 7. The SMILES string of the molecule is CCCCOc1ccc(S(=O)(=O)N2CCN([C@H](C)c3nc(Nc4ccccc4C)c4ccccc4n3)CC2)cc1. The van der Waals surface area contributed by atoms with Crippen LogP contribution in [0.4, 0.5) is 11.5 Å². The Bertz CT molecular complexity index is 1550. The molecule has 210 valence electrons. The Morgan fingerprint density at radius 1 is 0.925 bits per heavy atom. The Labute approximate surface area is 237 Å². The molecule has 5 rings (SSSR count). The second kappa shape index (κ2) is 12.3. The maximum absolute atomic E-state index is 13.3. The first-order chi connectivity index (χ1) is 19.4. The first kappa shape index (κ1) is 28.0. The minimum atomic E-state index is -3.58. The van der Waals surface area contributed by atoms with E-state index in [1.165, 1.54) is 0 Å². The van der Waals surface area contributed by atoms with Gasteiger partial charge < -0.3 is 10.1 Å². The van der Waals surface area contributed by atoms with Crippen LogP contribution < -0.4 is 10.1 Å². The number of aromatic nitrogens is 2. The number of rotatable bonds is 10. The van der Waals surface area contributed by atoms with Crippen LogP contribution in [0.3, 0.4) is 0 Å². The third-order valence-electron chi connectivity index (χ3n) is 7.44. The molecule has 0 spiro atoms. The first-order valence-electron chi connectivity index (χ1n) is 13.9. The summed E-state index contributed by atoms with van der Waals surface area (Å²) in [5.41, 5.74) is 3.01. The summed E-state index contributed by atoms with van der Waals surface area (Å²) in [7, 11) is -3.58. The largest absolute Gasteiger partial charge is 0.494 e. The molecule has 0 aliphatic carbocycles. The molecule has 8 nitrogen and oxygen atoms in total. The van der Waals surface area contributed by atoms with Gasteiger partial charge in [-0.2, -0.15) is 4.31 Å². The van der Waals surface area contributed by atoms with Gasteiger partial charge in [0.05, 0.1) is 23.1 Å². The molecule has 9 heteroatoms. The Kier molecular flexibility index (Phi) is 8.63. The third-order valence-corrected chi connectivity index (χ3v) is 9.35. The highest BCUT2D eigenvalue weighted by atomic mass is 32.2. The summed E-state index contributed by atoms with van der Waals surface area (Å²) in [6, 6.07) is 22.8. The van der Waals surface area contributed by atoms with Crippen molar-refractivity contribution in [1.29, 1.82) is 0 Å². The molecule has 0 radical (unpaired) electrons. The quantitative estimate of drug-likeness (QED) is 0.241. The normalized spacial score (nSPS) is 15.7. The number of fused-ring (bicyclic) bond motifs is 1. The van der Waals surface area contributed by atoms with E-state index < -0.39 is 10.0 Å². The van der Waals surface area contributed by atoms with Gasteiger partial charge in [-0.25, -0.2) is 18.4 Å². The summed E-state index contributed by atoms with van der Waals surface area (Å²) >= 11 is 0. The van der Waals surface area contributed by atoms with Crippen LogP contribution in [0, 0.1) is 6.92 Å². The zero-order valence-electron chi connectivity index (χ0n) is 23.4. The van der Waals surface area contributed by atoms with Crippen LogP contribution in [0.2, 0.25) is 0 Å². The Morgan fingerprint density at radius 2 is 1.62 bits per heavy atom. The lowest BCUT2D eigenvalue weighted by Gasteiger charge is -2.36. The van der Waals surface area contributed by atoms with E-state index in [0.717, 1.165) is 40.8 Å². The highest BCUT2D eigenvalue weighted by molar-refractivity contribution is 7.89. The smallest absolute Gasteiger partial charge is 0.243 e. The number of piperazine rings is 1. The first-order valence-corrected chi connectivity index (χ1v) is 15.4. The zero-order chi connectivity index (χ0) is 28.1. The number of ether oxygens (including phenoxy) is 1. The van der Waals surface area contributed by atoms with E-state index in [2.05, 4.69) is 37.1 Å². The number of para-hydroxylation sites is 2. The van der Waals surface area contributed by atoms with Gasteiger partial charge in [-0.05, 0) is 68.3 Å². The van der Waals surface area contributed by atoms with E-state index in [4.69, 9.17) is 14.7 Å². The minimum absolute atomic E-state index is 0.0774. The third kappa shape index (κ3) is 6.11. The molecule has 1 atom stereocenters.